The fourth-order valence-electron chi connectivity index (χ4n) is 1.23. The monoisotopic (exact) mass is 209 g/mol. The molecule has 0 bridgehead atoms. The fourth-order valence-corrected chi connectivity index (χ4v) is 1.23. The molecule has 5 nitrogen and oxygen atoms in total. The van der Waals surface area contributed by atoms with E-state index in [1.165, 1.54) is 0 Å². The van der Waals surface area contributed by atoms with Crippen LogP contribution in [-0.4, -0.2) is 33.1 Å². The molecule has 0 aliphatic heterocycles. The number of nitrogens with zero attached hydrogens (tertiary/aromatic N) is 3. The molecular weight excluding hydrogens is 194 g/mol. The van der Waals surface area contributed by atoms with E-state index >= 15 is 0 Å². The Labute approximate surface area is 88.8 Å². The number of anilines is 1. The average Bonchev–Trinajstić information content (AvgIpc) is 2.14. The van der Waals surface area contributed by atoms with Gasteiger partial charge in [0.2, 0.25) is 0 Å². The summed E-state index contributed by atoms with van der Waals surface area (Å²) in [4.78, 5) is 20.5. The van der Waals surface area contributed by atoms with Crippen molar-refractivity contribution in [2.24, 2.45) is 0 Å². The van der Waals surface area contributed by atoms with E-state index in [-0.39, 0.29) is 12.1 Å². The zero-order chi connectivity index (χ0) is 11.5. The van der Waals surface area contributed by atoms with Crippen LogP contribution in [0.25, 0.3) is 0 Å². The minimum absolute atomic E-state index is 0.0812. The molecule has 0 fully saturated rings. The van der Waals surface area contributed by atoms with Crippen LogP contribution in [-0.2, 0) is 4.79 Å². The third kappa shape index (κ3) is 3.19. The second kappa shape index (κ2) is 4.25. The molecular formula is C10H15N3O2. The van der Waals surface area contributed by atoms with Gasteiger partial charge in [0.15, 0.2) is 0 Å². The minimum Gasteiger partial charge on any atom is -0.480 e. The van der Waals surface area contributed by atoms with Crippen molar-refractivity contribution in [1.29, 1.82) is 0 Å². The molecule has 15 heavy (non-hydrogen) atoms. The van der Waals surface area contributed by atoms with Gasteiger partial charge in [-0.05, 0) is 20.8 Å². The molecule has 0 radical (unpaired) electrons. The number of rotatable bonds is 3. The number of carbonyl (C=O) groups is 1. The first-order valence-electron chi connectivity index (χ1n) is 4.66. The first kappa shape index (κ1) is 11.4. The van der Waals surface area contributed by atoms with Gasteiger partial charge in [-0.25, -0.2) is 4.98 Å². The van der Waals surface area contributed by atoms with Crippen LogP contribution in [0.5, 0.6) is 0 Å². The van der Waals surface area contributed by atoms with Crippen molar-refractivity contribution in [1.82, 2.24) is 9.97 Å². The zero-order valence-electron chi connectivity index (χ0n) is 9.14. The Kier molecular flexibility index (Phi) is 3.24. The molecule has 1 aromatic heterocycles. The van der Waals surface area contributed by atoms with Crippen molar-refractivity contribution in [2.75, 3.05) is 11.4 Å². The Morgan fingerprint density at radius 1 is 1.47 bits per heavy atom. The minimum atomic E-state index is -0.879. The average molecular weight is 209 g/mol. The predicted molar refractivity (Wildman–Crippen MR) is 56.8 cm³/mol. The Morgan fingerprint density at radius 2 is 2.13 bits per heavy atom. The van der Waals surface area contributed by atoms with E-state index in [0.717, 1.165) is 0 Å². The number of hydrogen-bond acceptors (Lipinski definition) is 4. The Morgan fingerprint density at radius 3 is 2.53 bits per heavy atom. The lowest BCUT2D eigenvalue weighted by Crippen LogP contribution is -2.45. The molecule has 0 atom stereocenters. The van der Waals surface area contributed by atoms with Crippen LogP contribution in [0.15, 0.2) is 18.6 Å². The molecule has 1 aromatic rings. The van der Waals surface area contributed by atoms with E-state index in [1.807, 2.05) is 20.8 Å². The van der Waals surface area contributed by atoms with Crippen LogP contribution in [0.4, 0.5) is 5.82 Å². The summed E-state index contributed by atoms with van der Waals surface area (Å²) in [6, 6.07) is 0. The van der Waals surface area contributed by atoms with Gasteiger partial charge >= 0.3 is 5.97 Å². The van der Waals surface area contributed by atoms with Crippen LogP contribution in [0, 0.1) is 0 Å². The lowest BCUT2D eigenvalue weighted by Gasteiger charge is -2.34. The summed E-state index contributed by atoms with van der Waals surface area (Å²) < 4.78 is 0. The van der Waals surface area contributed by atoms with Gasteiger partial charge in [0.1, 0.15) is 12.4 Å². The van der Waals surface area contributed by atoms with Gasteiger partial charge < -0.3 is 10.0 Å². The summed E-state index contributed by atoms with van der Waals surface area (Å²) in [5.41, 5.74) is -0.297. The van der Waals surface area contributed by atoms with E-state index in [4.69, 9.17) is 5.11 Å². The number of aromatic nitrogens is 2. The summed E-state index contributed by atoms with van der Waals surface area (Å²) in [5, 5.41) is 8.82. The van der Waals surface area contributed by atoms with Gasteiger partial charge in [0.05, 0.1) is 6.20 Å². The lowest BCUT2D eigenvalue weighted by molar-refractivity contribution is -0.135. The van der Waals surface area contributed by atoms with Gasteiger partial charge in [-0.2, -0.15) is 0 Å². The maximum atomic E-state index is 10.7. The van der Waals surface area contributed by atoms with Crippen LogP contribution in [0.1, 0.15) is 20.8 Å². The molecule has 1 N–H and O–H groups in total. The molecule has 0 aliphatic rings. The van der Waals surface area contributed by atoms with Crippen molar-refractivity contribution in [2.45, 2.75) is 26.3 Å². The highest BCUT2D eigenvalue weighted by Gasteiger charge is 2.24. The van der Waals surface area contributed by atoms with Crippen LogP contribution in [0.2, 0.25) is 0 Å². The van der Waals surface area contributed by atoms with E-state index in [9.17, 15) is 4.79 Å². The van der Waals surface area contributed by atoms with Crippen LogP contribution < -0.4 is 4.90 Å². The van der Waals surface area contributed by atoms with Gasteiger partial charge in [0, 0.05) is 17.9 Å². The van der Waals surface area contributed by atoms with E-state index < -0.39 is 5.97 Å². The smallest absolute Gasteiger partial charge is 0.323 e. The largest absolute Gasteiger partial charge is 0.480 e. The Bertz CT molecular complexity index is 332. The van der Waals surface area contributed by atoms with E-state index in [2.05, 4.69) is 9.97 Å². The molecule has 0 unspecified atom stereocenters. The third-order valence-corrected chi connectivity index (χ3v) is 1.93. The van der Waals surface area contributed by atoms with Crippen LogP contribution >= 0.6 is 0 Å². The van der Waals surface area contributed by atoms with Gasteiger partial charge in [-0.1, -0.05) is 0 Å². The molecule has 1 rings (SSSR count). The summed E-state index contributed by atoms with van der Waals surface area (Å²) >= 11 is 0. The van der Waals surface area contributed by atoms with E-state index in [1.54, 1.807) is 23.5 Å². The van der Waals surface area contributed by atoms with Crippen molar-refractivity contribution < 1.29 is 9.90 Å². The van der Waals surface area contributed by atoms with Crippen LogP contribution in [0.3, 0.4) is 0 Å². The molecule has 0 saturated heterocycles. The predicted octanol–water partition coefficient (Wildman–Crippen LogP) is 1.17. The maximum absolute atomic E-state index is 10.7. The number of hydrogen-bond donors (Lipinski definition) is 1. The first-order chi connectivity index (χ1) is 6.91. The van der Waals surface area contributed by atoms with Gasteiger partial charge in [-0.15, -0.1) is 0 Å². The molecule has 0 aromatic carbocycles. The first-order valence-corrected chi connectivity index (χ1v) is 4.66. The molecule has 82 valence electrons. The van der Waals surface area contributed by atoms with Gasteiger partial charge in [-0.3, -0.25) is 9.78 Å². The second-order valence-electron chi connectivity index (χ2n) is 4.21. The zero-order valence-corrected chi connectivity index (χ0v) is 9.14. The van der Waals surface area contributed by atoms with Crippen molar-refractivity contribution in [3.63, 3.8) is 0 Å². The maximum Gasteiger partial charge on any atom is 0.323 e. The number of aliphatic carboxylic acids is 1. The summed E-state index contributed by atoms with van der Waals surface area (Å²) in [7, 11) is 0. The fraction of sp³-hybridized carbons (Fsp3) is 0.500. The van der Waals surface area contributed by atoms with Crippen molar-refractivity contribution in [3.8, 4) is 0 Å². The normalized spacial score (nSPS) is 11.1. The van der Waals surface area contributed by atoms with Crippen molar-refractivity contribution >= 4 is 11.8 Å². The SMILES string of the molecule is CC(C)(C)N(CC(=O)O)c1cnccn1. The molecule has 5 heteroatoms. The Hall–Kier alpha value is -1.65. The quantitative estimate of drug-likeness (QED) is 0.809. The summed E-state index contributed by atoms with van der Waals surface area (Å²) in [5.74, 6) is -0.303. The topological polar surface area (TPSA) is 66.3 Å². The Balaban J connectivity index is 2.97. The van der Waals surface area contributed by atoms with Gasteiger partial charge in [0.25, 0.3) is 0 Å². The molecule has 1 heterocycles. The molecule has 0 amide bonds. The highest BCUT2D eigenvalue weighted by molar-refractivity contribution is 5.73. The third-order valence-electron chi connectivity index (χ3n) is 1.93. The lowest BCUT2D eigenvalue weighted by atomic mass is 10.1. The highest BCUT2D eigenvalue weighted by Crippen LogP contribution is 2.19. The molecule has 0 saturated carbocycles. The second-order valence-corrected chi connectivity index (χ2v) is 4.21. The standard InChI is InChI=1S/C10H15N3O2/c1-10(2,3)13(7-9(14)15)8-6-11-4-5-12-8/h4-6H,7H2,1-3H3,(H,14,15). The van der Waals surface area contributed by atoms with Crippen molar-refractivity contribution in [3.05, 3.63) is 18.6 Å². The summed E-state index contributed by atoms with van der Waals surface area (Å²) in [6.45, 7) is 5.72. The van der Waals surface area contributed by atoms with E-state index in [0.29, 0.717) is 5.82 Å². The number of carboxylic acids is 1. The molecule has 0 spiro atoms. The number of carboxylic acid groups (broad SMARTS) is 1. The highest BCUT2D eigenvalue weighted by atomic mass is 16.4. The summed E-state index contributed by atoms with van der Waals surface area (Å²) in [6.07, 6.45) is 4.68. The molecule has 0 aliphatic carbocycles.